The molecular formula is C17H8ClF4N5O2. The molecule has 1 amide bonds. The maximum atomic E-state index is 13.5. The second-order valence-electron chi connectivity index (χ2n) is 5.73. The quantitative estimate of drug-likeness (QED) is 0.490. The summed E-state index contributed by atoms with van der Waals surface area (Å²) in [5.74, 6) is -2.55. The van der Waals surface area contributed by atoms with Crippen molar-refractivity contribution in [3.05, 3.63) is 65.0 Å². The van der Waals surface area contributed by atoms with Crippen LogP contribution in [0.2, 0.25) is 5.02 Å². The molecule has 4 aromatic rings. The Kier molecular flexibility index (Phi) is 4.46. The lowest BCUT2D eigenvalue weighted by Crippen LogP contribution is -2.16. The van der Waals surface area contributed by atoms with Gasteiger partial charge in [-0.2, -0.15) is 22.7 Å². The van der Waals surface area contributed by atoms with Crippen LogP contribution in [-0.2, 0) is 6.18 Å². The highest BCUT2D eigenvalue weighted by Gasteiger charge is 2.36. The van der Waals surface area contributed by atoms with Gasteiger partial charge in [0.2, 0.25) is 5.82 Å². The summed E-state index contributed by atoms with van der Waals surface area (Å²) in [4.78, 5) is 20.1. The molecule has 0 aliphatic rings. The number of nitrogens with one attached hydrogen (secondary N) is 1. The van der Waals surface area contributed by atoms with E-state index in [1.807, 2.05) is 0 Å². The summed E-state index contributed by atoms with van der Waals surface area (Å²) in [5, 5.41) is 5.70. The van der Waals surface area contributed by atoms with Gasteiger partial charge in [0.15, 0.2) is 11.5 Å². The van der Waals surface area contributed by atoms with Gasteiger partial charge >= 0.3 is 6.18 Å². The number of anilines is 1. The molecule has 7 nitrogen and oxygen atoms in total. The fourth-order valence-electron chi connectivity index (χ4n) is 2.48. The molecule has 3 aromatic heterocycles. The number of benzene rings is 1. The summed E-state index contributed by atoms with van der Waals surface area (Å²) in [6.07, 6.45) is -3.51. The van der Waals surface area contributed by atoms with Crippen LogP contribution in [0, 0.1) is 5.82 Å². The smallest absolute Gasteiger partial charge is 0.433 e. The molecule has 0 spiro atoms. The van der Waals surface area contributed by atoms with Gasteiger partial charge in [-0.15, -0.1) is 5.10 Å². The number of alkyl halides is 3. The highest BCUT2D eigenvalue weighted by Crippen LogP contribution is 2.32. The van der Waals surface area contributed by atoms with Crippen LogP contribution in [0.4, 0.5) is 23.2 Å². The van der Waals surface area contributed by atoms with Crippen LogP contribution in [0.3, 0.4) is 0 Å². The maximum absolute atomic E-state index is 13.5. The summed E-state index contributed by atoms with van der Waals surface area (Å²) in [6.45, 7) is 0. The number of carbonyl (C=O) groups is 1. The first-order valence-corrected chi connectivity index (χ1v) is 8.25. The standard InChI is InChI=1S/C17H8ClF4N5O2/c18-9-6-8(3-4-10(9)19)23-15(28)14-25-16-24-11(12-2-1-5-29-12)7-13(17(20,21)22)27(16)26-14/h1-7H,(H,23,28). The molecule has 0 aliphatic heterocycles. The lowest BCUT2D eigenvalue weighted by Gasteiger charge is -2.09. The van der Waals surface area contributed by atoms with Gasteiger partial charge in [0, 0.05) is 5.69 Å². The van der Waals surface area contributed by atoms with Crippen molar-refractivity contribution in [2.45, 2.75) is 6.18 Å². The SMILES string of the molecule is O=C(Nc1ccc(F)c(Cl)c1)c1nc2nc(-c3ccco3)cc(C(F)(F)F)n2n1. The number of hydrogen-bond acceptors (Lipinski definition) is 5. The topological polar surface area (TPSA) is 85.3 Å². The molecule has 0 bridgehead atoms. The minimum atomic E-state index is -4.80. The average Bonchev–Trinajstić information content (AvgIpc) is 3.32. The van der Waals surface area contributed by atoms with Crippen molar-refractivity contribution in [2.24, 2.45) is 0 Å². The molecule has 0 saturated heterocycles. The van der Waals surface area contributed by atoms with Crippen LogP contribution in [-0.4, -0.2) is 25.5 Å². The third-order valence-electron chi connectivity index (χ3n) is 3.76. The molecule has 0 radical (unpaired) electrons. The van der Waals surface area contributed by atoms with Gasteiger partial charge in [-0.25, -0.2) is 9.37 Å². The summed E-state index contributed by atoms with van der Waals surface area (Å²) in [6, 6.07) is 7.05. The van der Waals surface area contributed by atoms with Crippen molar-refractivity contribution < 1.29 is 26.8 Å². The zero-order valence-electron chi connectivity index (χ0n) is 14.0. The van der Waals surface area contributed by atoms with E-state index in [9.17, 15) is 22.4 Å². The Balaban J connectivity index is 1.76. The van der Waals surface area contributed by atoms with Crippen molar-refractivity contribution in [1.82, 2.24) is 19.6 Å². The average molecular weight is 426 g/mol. The number of hydrogen-bond donors (Lipinski definition) is 1. The lowest BCUT2D eigenvalue weighted by molar-refractivity contribution is -0.142. The number of carbonyl (C=O) groups excluding carboxylic acids is 1. The van der Waals surface area contributed by atoms with Crippen LogP contribution in [0.15, 0.2) is 47.1 Å². The van der Waals surface area contributed by atoms with E-state index in [-0.39, 0.29) is 22.2 Å². The number of rotatable bonds is 3. The largest absolute Gasteiger partial charge is 0.463 e. The Morgan fingerprint density at radius 1 is 1.17 bits per heavy atom. The summed E-state index contributed by atoms with van der Waals surface area (Å²) in [5.41, 5.74) is -1.20. The first-order chi connectivity index (χ1) is 13.7. The number of fused-ring (bicyclic) bond motifs is 1. The van der Waals surface area contributed by atoms with Crippen molar-refractivity contribution in [3.8, 4) is 11.5 Å². The second kappa shape index (κ2) is 6.85. The third-order valence-corrected chi connectivity index (χ3v) is 4.05. The predicted molar refractivity (Wildman–Crippen MR) is 92.8 cm³/mol. The number of furan rings is 1. The minimum absolute atomic E-state index is 0.0907. The van der Waals surface area contributed by atoms with Crippen molar-refractivity contribution in [2.75, 3.05) is 5.32 Å². The van der Waals surface area contributed by atoms with Crippen LogP contribution in [0.1, 0.15) is 16.3 Å². The molecule has 1 N–H and O–H groups in total. The van der Waals surface area contributed by atoms with E-state index in [1.165, 1.54) is 24.5 Å². The zero-order chi connectivity index (χ0) is 20.8. The van der Waals surface area contributed by atoms with Crippen molar-refractivity contribution in [1.29, 1.82) is 0 Å². The van der Waals surface area contributed by atoms with E-state index in [0.717, 1.165) is 18.2 Å². The molecule has 4 rings (SSSR count). The molecule has 0 atom stereocenters. The first-order valence-electron chi connectivity index (χ1n) is 7.87. The lowest BCUT2D eigenvalue weighted by atomic mass is 10.2. The van der Waals surface area contributed by atoms with Gasteiger partial charge < -0.3 is 9.73 Å². The maximum Gasteiger partial charge on any atom is 0.433 e. The molecule has 0 fully saturated rings. The van der Waals surface area contributed by atoms with Crippen molar-refractivity contribution in [3.63, 3.8) is 0 Å². The zero-order valence-corrected chi connectivity index (χ0v) is 14.8. The molecule has 0 unspecified atom stereocenters. The van der Waals surface area contributed by atoms with E-state index < -0.39 is 35.2 Å². The Morgan fingerprint density at radius 3 is 2.62 bits per heavy atom. The number of nitrogens with zero attached hydrogens (tertiary/aromatic N) is 4. The van der Waals surface area contributed by atoms with Gasteiger partial charge in [-0.05, 0) is 36.4 Å². The van der Waals surface area contributed by atoms with Crippen molar-refractivity contribution >= 4 is 29.0 Å². The molecular weight excluding hydrogens is 418 g/mol. The summed E-state index contributed by atoms with van der Waals surface area (Å²) < 4.78 is 59.2. The fourth-order valence-corrected chi connectivity index (χ4v) is 2.66. The Labute approximate surface area is 163 Å². The van der Waals surface area contributed by atoms with E-state index in [0.29, 0.717) is 4.52 Å². The van der Waals surface area contributed by atoms with Crippen LogP contribution >= 0.6 is 11.6 Å². The molecule has 3 heterocycles. The van der Waals surface area contributed by atoms with Gasteiger partial charge in [0.05, 0.1) is 11.3 Å². The highest BCUT2D eigenvalue weighted by atomic mass is 35.5. The normalized spacial score (nSPS) is 11.8. The molecule has 1 aromatic carbocycles. The van der Waals surface area contributed by atoms with E-state index >= 15 is 0 Å². The van der Waals surface area contributed by atoms with Crippen LogP contribution in [0.25, 0.3) is 17.2 Å². The van der Waals surface area contributed by atoms with Crippen LogP contribution < -0.4 is 5.32 Å². The molecule has 148 valence electrons. The van der Waals surface area contributed by atoms with E-state index in [4.69, 9.17) is 16.0 Å². The minimum Gasteiger partial charge on any atom is -0.463 e. The van der Waals surface area contributed by atoms with E-state index in [1.54, 1.807) is 0 Å². The number of aromatic nitrogens is 4. The molecule has 0 saturated carbocycles. The molecule has 29 heavy (non-hydrogen) atoms. The Bertz CT molecular complexity index is 1220. The monoisotopic (exact) mass is 425 g/mol. The Morgan fingerprint density at radius 2 is 1.97 bits per heavy atom. The van der Waals surface area contributed by atoms with Gasteiger partial charge in [0.1, 0.15) is 11.5 Å². The Hall–Kier alpha value is -3.47. The van der Waals surface area contributed by atoms with Gasteiger partial charge in [-0.1, -0.05) is 11.6 Å². The third kappa shape index (κ3) is 3.63. The van der Waals surface area contributed by atoms with E-state index in [2.05, 4.69) is 20.4 Å². The fraction of sp³-hybridized carbons (Fsp3) is 0.0588. The predicted octanol–water partition coefficient (Wildman–Crippen LogP) is 4.45. The van der Waals surface area contributed by atoms with Crippen LogP contribution in [0.5, 0.6) is 0 Å². The molecule has 0 aliphatic carbocycles. The number of halogens is 5. The second-order valence-corrected chi connectivity index (χ2v) is 6.14. The summed E-state index contributed by atoms with van der Waals surface area (Å²) >= 11 is 5.64. The van der Waals surface area contributed by atoms with Gasteiger partial charge in [0.25, 0.3) is 11.7 Å². The summed E-state index contributed by atoms with van der Waals surface area (Å²) in [7, 11) is 0. The first kappa shape index (κ1) is 18.9. The highest BCUT2D eigenvalue weighted by molar-refractivity contribution is 6.31. The van der Waals surface area contributed by atoms with Gasteiger partial charge in [-0.3, -0.25) is 4.79 Å². The number of amides is 1. The molecule has 12 heteroatoms.